The molecule has 1 amide bonds. The van der Waals surface area contributed by atoms with Gasteiger partial charge >= 0.3 is 0 Å². The summed E-state index contributed by atoms with van der Waals surface area (Å²) < 4.78 is 0. The highest BCUT2D eigenvalue weighted by Crippen LogP contribution is 2.24. The van der Waals surface area contributed by atoms with E-state index in [9.17, 15) is 4.79 Å². The Kier molecular flexibility index (Phi) is 9.42. The first-order chi connectivity index (χ1) is 14.0. The predicted molar refractivity (Wildman–Crippen MR) is 136 cm³/mol. The molecule has 0 spiro atoms. The van der Waals surface area contributed by atoms with E-state index >= 15 is 0 Å². The van der Waals surface area contributed by atoms with Gasteiger partial charge in [-0.15, -0.1) is 24.0 Å². The summed E-state index contributed by atoms with van der Waals surface area (Å²) in [6, 6.07) is 16.7. The first kappa shape index (κ1) is 24.0. The lowest BCUT2D eigenvalue weighted by Crippen LogP contribution is -2.38. The van der Waals surface area contributed by atoms with Gasteiger partial charge in [0.15, 0.2) is 5.96 Å². The molecular weight excluding hydrogens is 489 g/mol. The Morgan fingerprint density at radius 3 is 2.57 bits per heavy atom. The van der Waals surface area contributed by atoms with E-state index in [4.69, 9.17) is 0 Å². The Labute approximate surface area is 196 Å². The number of carbonyl (C=O) groups is 1. The maximum Gasteiger partial charge on any atom is 0.221 e. The molecule has 0 saturated carbocycles. The number of nitrogens with one attached hydrogen (secondary N) is 3. The molecule has 2 aromatic carbocycles. The van der Waals surface area contributed by atoms with Gasteiger partial charge in [0.1, 0.15) is 0 Å². The van der Waals surface area contributed by atoms with E-state index in [-0.39, 0.29) is 35.9 Å². The van der Waals surface area contributed by atoms with Crippen molar-refractivity contribution in [3.63, 3.8) is 0 Å². The minimum Gasteiger partial charge on any atom is -0.372 e. The summed E-state index contributed by atoms with van der Waals surface area (Å²) in [6.07, 6.45) is 2.55. The second-order valence-electron chi connectivity index (χ2n) is 7.46. The van der Waals surface area contributed by atoms with E-state index in [1.54, 1.807) is 7.05 Å². The van der Waals surface area contributed by atoms with Gasteiger partial charge in [0.05, 0.1) is 6.04 Å². The van der Waals surface area contributed by atoms with Gasteiger partial charge in [0.2, 0.25) is 5.91 Å². The molecule has 1 atom stereocenters. The van der Waals surface area contributed by atoms with Crippen LogP contribution in [0.3, 0.4) is 0 Å². The van der Waals surface area contributed by atoms with E-state index in [0.29, 0.717) is 6.54 Å². The summed E-state index contributed by atoms with van der Waals surface area (Å²) in [4.78, 5) is 18.0. The maximum atomic E-state index is 11.2. The summed E-state index contributed by atoms with van der Waals surface area (Å²) in [5.41, 5.74) is 4.41. The minimum absolute atomic E-state index is 0. The second kappa shape index (κ2) is 11.8. The predicted octanol–water partition coefficient (Wildman–Crippen LogP) is 4.29. The van der Waals surface area contributed by atoms with Crippen molar-refractivity contribution in [2.75, 3.05) is 30.4 Å². The van der Waals surface area contributed by atoms with E-state index in [1.165, 1.54) is 31.0 Å². The van der Waals surface area contributed by atoms with Gasteiger partial charge in [0, 0.05) is 45.0 Å². The molecule has 0 radical (unpaired) electrons. The third-order valence-electron chi connectivity index (χ3n) is 5.13. The van der Waals surface area contributed by atoms with Gasteiger partial charge in [-0.25, -0.2) is 0 Å². The van der Waals surface area contributed by atoms with Crippen LogP contribution in [0, 0.1) is 0 Å². The molecule has 1 unspecified atom stereocenters. The molecule has 2 aromatic rings. The molecule has 0 aliphatic carbocycles. The quantitative estimate of drug-likeness (QED) is 0.302. The second-order valence-corrected chi connectivity index (χ2v) is 7.46. The van der Waals surface area contributed by atoms with Crippen LogP contribution in [0.25, 0.3) is 0 Å². The molecule has 1 aliphatic rings. The molecule has 7 heteroatoms. The average Bonchev–Trinajstić information content (AvgIpc) is 3.26. The van der Waals surface area contributed by atoms with Crippen LogP contribution < -0.4 is 20.9 Å². The first-order valence-electron chi connectivity index (χ1n) is 10.2. The fourth-order valence-electron chi connectivity index (χ4n) is 3.60. The van der Waals surface area contributed by atoms with Crippen molar-refractivity contribution in [2.45, 2.75) is 39.3 Å². The van der Waals surface area contributed by atoms with Gasteiger partial charge in [-0.3, -0.25) is 9.79 Å². The van der Waals surface area contributed by atoms with Crippen LogP contribution in [0.1, 0.15) is 43.9 Å². The van der Waals surface area contributed by atoms with Gasteiger partial charge in [-0.2, -0.15) is 0 Å². The van der Waals surface area contributed by atoms with Crippen molar-refractivity contribution >= 4 is 47.2 Å². The summed E-state index contributed by atoms with van der Waals surface area (Å²) in [6.45, 7) is 6.57. The molecule has 162 valence electrons. The lowest BCUT2D eigenvalue weighted by atomic mass is 10.1. The van der Waals surface area contributed by atoms with Gasteiger partial charge in [0.25, 0.3) is 0 Å². The number of rotatable bonds is 6. The SMILES string of the molecule is CN=C(NCc1cccc(NC(C)=O)c1)NC(C)c1cccc(N2CCCC2)c1.I. The smallest absolute Gasteiger partial charge is 0.221 e. The number of benzene rings is 2. The molecule has 3 rings (SSSR count). The lowest BCUT2D eigenvalue weighted by Gasteiger charge is -2.22. The normalized spacial score (nSPS) is 14.6. The highest BCUT2D eigenvalue weighted by Gasteiger charge is 2.14. The van der Waals surface area contributed by atoms with Gasteiger partial charge in [-0.05, 0) is 55.2 Å². The van der Waals surface area contributed by atoms with Crippen LogP contribution in [-0.2, 0) is 11.3 Å². The largest absolute Gasteiger partial charge is 0.372 e. The van der Waals surface area contributed by atoms with E-state index in [0.717, 1.165) is 30.3 Å². The summed E-state index contributed by atoms with van der Waals surface area (Å²) in [7, 11) is 1.77. The van der Waals surface area contributed by atoms with Crippen LogP contribution in [0.5, 0.6) is 0 Å². The lowest BCUT2D eigenvalue weighted by molar-refractivity contribution is -0.114. The van der Waals surface area contributed by atoms with Gasteiger partial charge < -0.3 is 20.9 Å². The van der Waals surface area contributed by atoms with Crippen LogP contribution in [-0.4, -0.2) is 32.0 Å². The Bertz CT molecular complexity index is 864. The Morgan fingerprint density at radius 1 is 1.13 bits per heavy atom. The molecule has 1 fully saturated rings. The fraction of sp³-hybridized carbons (Fsp3) is 0.391. The van der Waals surface area contributed by atoms with Crippen LogP contribution in [0.15, 0.2) is 53.5 Å². The molecule has 1 saturated heterocycles. The van der Waals surface area contributed by atoms with Crippen molar-refractivity contribution in [2.24, 2.45) is 4.99 Å². The number of carbonyl (C=O) groups excluding carboxylic acids is 1. The van der Waals surface area contributed by atoms with Crippen LogP contribution in [0.2, 0.25) is 0 Å². The highest BCUT2D eigenvalue weighted by atomic mass is 127. The van der Waals surface area contributed by atoms with Crippen molar-refractivity contribution in [3.05, 3.63) is 59.7 Å². The molecule has 6 nitrogen and oxygen atoms in total. The molecule has 1 heterocycles. The third-order valence-corrected chi connectivity index (χ3v) is 5.13. The number of anilines is 2. The maximum absolute atomic E-state index is 11.2. The fourth-order valence-corrected chi connectivity index (χ4v) is 3.60. The number of hydrogen-bond acceptors (Lipinski definition) is 3. The molecule has 0 aromatic heterocycles. The van der Waals surface area contributed by atoms with Crippen molar-refractivity contribution in [3.8, 4) is 0 Å². The van der Waals surface area contributed by atoms with Gasteiger partial charge in [-0.1, -0.05) is 24.3 Å². The zero-order chi connectivity index (χ0) is 20.6. The number of halogens is 1. The monoisotopic (exact) mass is 521 g/mol. The number of amides is 1. The van der Waals surface area contributed by atoms with Crippen molar-refractivity contribution < 1.29 is 4.79 Å². The zero-order valence-corrected chi connectivity index (χ0v) is 20.3. The summed E-state index contributed by atoms with van der Waals surface area (Å²) in [5.74, 6) is 0.673. The number of hydrogen-bond donors (Lipinski definition) is 3. The summed E-state index contributed by atoms with van der Waals surface area (Å²) in [5, 5.41) is 9.63. The zero-order valence-electron chi connectivity index (χ0n) is 17.9. The Morgan fingerprint density at radius 2 is 1.87 bits per heavy atom. The number of guanidine groups is 1. The van der Waals surface area contributed by atoms with E-state index in [1.807, 2.05) is 24.3 Å². The molecule has 1 aliphatic heterocycles. The number of nitrogens with zero attached hydrogens (tertiary/aromatic N) is 2. The van der Waals surface area contributed by atoms with Crippen LogP contribution in [0.4, 0.5) is 11.4 Å². The Balaban J connectivity index is 0.00000320. The van der Waals surface area contributed by atoms with E-state index in [2.05, 4.69) is 57.0 Å². The number of aliphatic imine (C=N–C) groups is 1. The minimum atomic E-state index is -0.0717. The van der Waals surface area contributed by atoms with Crippen LogP contribution >= 0.6 is 24.0 Å². The summed E-state index contributed by atoms with van der Waals surface area (Å²) >= 11 is 0. The molecule has 0 bridgehead atoms. The van der Waals surface area contributed by atoms with Crippen molar-refractivity contribution in [1.82, 2.24) is 10.6 Å². The standard InChI is InChI=1S/C23H31N5O.HI/c1-17(20-9-7-11-22(15-20)28-12-4-5-13-28)26-23(24-3)25-16-19-8-6-10-21(14-19)27-18(2)29;/h6-11,14-15,17H,4-5,12-13,16H2,1-3H3,(H,27,29)(H2,24,25,26);1H. The Hall–Kier alpha value is -2.29. The topological polar surface area (TPSA) is 68.8 Å². The molecule has 3 N–H and O–H groups in total. The third kappa shape index (κ3) is 6.90. The van der Waals surface area contributed by atoms with Crippen molar-refractivity contribution in [1.29, 1.82) is 0 Å². The highest BCUT2D eigenvalue weighted by molar-refractivity contribution is 14.0. The molecular formula is C23H32IN5O. The molecule has 30 heavy (non-hydrogen) atoms. The average molecular weight is 521 g/mol. The van der Waals surface area contributed by atoms with E-state index < -0.39 is 0 Å². The first-order valence-corrected chi connectivity index (χ1v) is 10.2.